The van der Waals surface area contributed by atoms with Crippen molar-refractivity contribution in [2.45, 2.75) is 38.7 Å². The van der Waals surface area contributed by atoms with Crippen molar-refractivity contribution >= 4 is 11.3 Å². The van der Waals surface area contributed by atoms with Gasteiger partial charge in [0, 0.05) is 24.6 Å². The Bertz CT molecular complexity index is 1010. The molecule has 0 spiro atoms. The van der Waals surface area contributed by atoms with Crippen molar-refractivity contribution in [1.29, 1.82) is 0 Å². The van der Waals surface area contributed by atoms with Gasteiger partial charge in [-0.15, -0.1) is 0 Å². The Morgan fingerprint density at radius 3 is 2.60 bits per heavy atom. The van der Waals surface area contributed by atoms with Crippen LogP contribution in [0.2, 0.25) is 0 Å². The fourth-order valence-electron chi connectivity index (χ4n) is 3.97. The number of hydrogen-bond acceptors (Lipinski definition) is 5. The fraction of sp³-hybridized carbons (Fsp3) is 0.409. The number of halogens is 2. The molecule has 0 saturated carbocycles. The molecule has 6 nitrogen and oxygen atoms in total. The van der Waals surface area contributed by atoms with Crippen LogP contribution in [0.1, 0.15) is 34.7 Å². The lowest BCUT2D eigenvalue weighted by Crippen LogP contribution is -2.40. The molecule has 2 aromatic heterocycles. The molecule has 0 radical (unpaired) electrons. The summed E-state index contributed by atoms with van der Waals surface area (Å²) in [6.07, 6.45) is 0.191. The van der Waals surface area contributed by atoms with Crippen molar-refractivity contribution in [3.63, 3.8) is 0 Å². The summed E-state index contributed by atoms with van der Waals surface area (Å²) in [5, 5.41) is 3.50. The first-order valence-corrected chi connectivity index (χ1v) is 9.85. The molecule has 0 aliphatic carbocycles. The van der Waals surface area contributed by atoms with E-state index in [9.17, 15) is 8.78 Å². The number of imidazole rings is 1. The normalized spacial score (nSPS) is 21.1. The summed E-state index contributed by atoms with van der Waals surface area (Å²) in [6.45, 7) is 1.57. The van der Waals surface area contributed by atoms with Gasteiger partial charge < -0.3 is 23.9 Å². The summed E-state index contributed by atoms with van der Waals surface area (Å²) < 4.78 is 45.1. The molecule has 3 atom stereocenters. The highest BCUT2D eigenvalue weighted by Crippen LogP contribution is 2.45. The summed E-state index contributed by atoms with van der Waals surface area (Å²) in [5.74, 6) is 0. The highest BCUT2D eigenvalue weighted by atomic mass is 19.3. The third-order valence-corrected chi connectivity index (χ3v) is 5.54. The minimum absolute atomic E-state index is 0.258. The van der Waals surface area contributed by atoms with Gasteiger partial charge in [0.05, 0.1) is 30.6 Å². The third-order valence-electron chi connectivity index (χ3n) is 5.54. The van der Waals surface area contributed by atoms with Gasteiger partial charge in [-0.25, -0.2) is 4.98 Å². The number of aromatic nitrogens is 2. The van der Waals surface area contributed by atoms with Crippen LogP contribution in [0.15, 0.2) is 42.6 Å². The zero-order valence-electron chi connectivity index (χ0n) is 17.1. The molecule has 160 valence electrons. The van der Waals surface area contributed by atoms with Crippen LogP contribution in [-0.4, -0.2) is 42.4 Å². The van der Waals surface area contributed by atoms with Gasteiger partial charge in [-0.3, -0.25) is 0 Å². The molecule has 4 rings (SSSR count). The van der Waals surface area contributed by atoms with E-state index in [1.807, 2.05) is 54.8 Å². The Hall–Kier alpha value is -2.55. The van der Waals surface area contributed by atoms with Crippen molar-refractivity contribution < 1.29 is 23.0 Å². The summed E-state index contributed by atoms with van der Waals surface area (Å²) in [5.41, 5.74) is 4.75. The van der Waals surface area contributed by atoms with Crippen molar-refractivity contribution in [1.82, 2.24) is 9.38 Å². The number of ether oxygens (including phenoxy) is 3. The topological polar surface area (TPSA) is 57.0 Å². The molecule has 3 heterocycles. The zero-order valence-corrected chi connectivity index (χ0v) is 17.1. The molecule has 1 aromatic carbocycles. The first-order valence-electron chi connectivity index (χ1n) is 9.85. The van der Waals surface area contributed by atoms with E-state index in [4.69, 9.17) is 14.2 Å². The summed E-state index contributed by atoms with van der Waals surface area (Å²) in [7, 11) is 1.57. The van der Waals surface area contributed by atoms with Crippen molar-refractivity contribution in [3.05, 3.63) is 65.1 Å². The smallest absolute Gasteiger partial charge is 0.345 e. The highest BCUT2D eigenvalue weighted by Gasteiger charge is 2.41. The first-order chi connectivity index (χ1) is 14.5. The molecule has 1 aliphatic rings. The Kier molecular flexibility index (Phi) is 5.99. The maximum absolute atomic E-state index is 13.4. The Labute approximate surface area is 173 Å². The van der Waals surface area contributed by atoms with Crippen LogP contribution < -0.4 is 5.32 Å². The maximum Gasteiger partial charge on any atom is 0.345 e. The molecule has 30 heavy (non-hydrogen) atoms. The minimum atomic E-state index is -2.94. The number of nitrogens with one attached hydrogen (secondary N) is 1. The van der Waals surface area contributed by atoms with Gasteiger partial charge in [-0.2, -0.15) is 8.78 Å². The number of nitrogens with zero attached hydrogens (tertiary/aromatic N) is 2. The highest BCUT2D eigenvalue weighted by molar-refractivity contribution is 5.75. The molecule has 0 saturated heterocycles. The second-order valence-electron chi connectivity index (χ2n) is 7.30. The number of aryl methyl sites for hydroxylation is 2. The molecule has 0 fully saturated rings. The lowest BCUT2D eigenvalue weighted by Gasteiger charge is -2.40. The van der Waals surface area contributed by atoms with Gasteiger partial charge in [0.25, 0.3) is 0 Å². The van der Waals surface area contributed by atoms with E-state index in [1.165, 1.54) is 0 Å². The van der Waals surface area contributed by atoms with Crippen molar-refractivity contribution in [3.8, 4) is 0 Å². The van der Waals surface area contributed by atoms with E-state index in [0.717, 1.165) is 17.0 Å². The van der Waals surface area contributed by atoms with Crippen LogP contribution >= 0.6 is 0 Å². The van der Waals surface area contributed by atoms with Crippen LogP contribution in [-0.2, 0) is 14.2 Å². The lowest BCUT2D eigenvalue weighted by atomic mass is 9.88. The van der Waals surface area contributed by atoms with Crippen LogP contribution in [0.5, 0.6) is 0 Å². The van der Waals surface area contributed by atoms with E-state index in [1.54, 1.807) is 13.2 Å². The molecular formula is C22H25F2N3O3. The maximum atomic E-state index is 13.4. The number of benzene rings is 1. The predicted molar refractivity (Wildman–Crippen MR) is 109 cm³/mol. The Morgan fingerprint density at radius 1 is 1.13 bits per heavy atom. The van der Waals surface area contributed by atoms with Gasteiger partial charge in [0.2, 0.25) is 0 Å². The van der Waals surface area contributed by atoms with Gasteiger partial charge in [-0.05, 0) is 25.5 Å². The average molecular weight is 417 g/mol. The summed E-state index contributed by atoms with van der Waals surface area (Å²) in [6, 6.07) is 11.0. The van der Waals surface area contributed by atoms with E-state index in [-0.39, 0.29) is 6.61 Å². The molecule has 0 bridgehead atoms. The largest absolute Gasteiger partial charge is 0.382 e. The van der Waals surface area contributed by atoms with E-state index >= 15 is 0 Å². The molecule has 8 heteroatoms. The Morgan fingerprint density at radius 2 is 1.90 bits per heavy atom. The molecule has 3 aromatic rings. The number of alkyl halides is 2. The van der Waals surface area contributed by atoms with Crippen molar-refractivity contribution in [2.24, 2.45) is 0 Å². The quantitative estimate of drug-likeness (QED) is 0.577. The van der Waals surface area contributed by atoms with Gasteiger partial charge in [0.15, 0.2) is 5.65 Å². The molecular weight excluding hydrogens is 392 g/mol. The number of fused-ring (bicyclic) bond motifs is 3. The van der Waals surface area contributed by atoms with E-state index in [2.05, 4.69) is 10.3 Å². The summed E-state index contributed by atoms with van der Waals surface area (Å²) >= 11 is 0. The second kappa shape index (κ2) is 8.67. The third kappa shape index (κ3) is 3.78. The molecule has 3 unspecified atom stereocenters. The lowest BCUT2D eigenvalue weighted by molar-refractivity contribution is -0.203. The zero-order chi connectivity index (χ0) is 21.3. The summed E-state index contributed by atoms with van der Waals surface area (Å²) in [4.78, 5) is 4.66. The molecule has 0 amide bonds. The number of hydrogen-bond donors (Lipinski definition) is 1. The van der Waals surface area contributed by atoms with Crippen molar-refractivity contribution in [2.75, 3.05) is 25.6 Å². The van der Waals surface area contributed by atoms with Gasteiger partial charge >= 0.3 is 6.61 Å². The van der Waals surface area contributed by atoms with Crippen LogP contribution in [0.25, 0.3) is 5.65 Å². The predicted octanol–water partition coefficient (Wildman–Crippen LogP) is 4.43. The SMILES string of the molecule is COCCOC1C(c2ccccc2)Nc2c(ccn3c(C)c(C)nc23)C1OC(F)F. The van der Waals surface area contributed by atoms with Crippen LogP contribution in [0, 0.1) is 13.8 Å². The fourth-order valence-corrected chi connectivity index (χ4v) is 3.97. The number of rotatable bonds is 7. The van der Waals surface area contributed by atoms with Gasteiger partial charge in [-0.1, -0.05) is 30.3 Å². The monoisotopic (exact) mass is 417 g/mol. The van der Waals surface area contributed by atoms with E-state index in [0.29, 0.717) is 23.5 Å². The van der Waals surface area contributed by atoms with Gasteiger partial charge in [0.1, 0.15) is 12.2 Å². The standard InChI is InChI=1S/C22H25F2N3O3/c1-13-14(2)27-10-9-16-18(21(27)25-13)26-17(15-7-5-4-6-8-15)20(29-12-11-28-3)19(16)30-22(23)24/h4-10,17,19-20,22,26H,11-12H2,1-3H3. The first kappa shape index (κ1) is 20.7. The second-order valence-corrected chi connectivity index (χ2v) is 7.30. The number of anilines is 1. The Balaban J connectivity index is 1.86. The molecule has 1 N–H and O–H groups in total. The number of methoxy groups -OCH3 is 1. The minimum Gasteiger partial charge on any atom is -0.382 e. The van der Waals surface area contributed by atoms with Crippen LogP contribution in [0.4, 0.5) is 14.5 Å². The number of pyridine rings is 1. The van der Waals surface area contributed by atoms with E-state index < -0.39 is 24.9 Å². The van der Waals surface area contributed by atoms with Crippen LogP contribution in [0.3, 0.4) is 0 Å². The molecule has 1 aliphatic heterocycles. The average Bonchev–Trinajstić information content (AvgIpc) is 3.03.